The first kappa shape index (κ1) is 19.2. The average Bonchev–Trinajstić information content (AvgIpc) is 3.26. The number of anilines is 2. The van der Waals surface area contributed by atoms with E-state index in [4.69, 9.17) is 4.74 Å². The van der Waals surface area contributed by atoms with Crippen LogP contribution in [0.3, 0.4) is 0 Å². The van der Waals surface area contributed by atoms with Gasteiger partial charge in [0.15, 0.2) is 0 Å². The summed E-state index contributed by atoms with van der Waals surface area (Å²) in [5.41, 5.74) is 2.15. The van der Waals surface area contributed by atoms with Crippen LogP contribution in [0.15, 0.2) is 89.9 Å². The summed E-state index contributed by atoms with van der Waals surface area (Å²) in [5.74, 6) is 0.981. The van der Waals surface area contributed by atoms with E-state index in [1.54, 1.807) is 41.3 Å². The van der Waals surface area contributed by atoms with Crippen LogP contribution in [0.2, 0.25) is 0 Å². The summed E-state index contributed by atoms with van der Waals surface area (Å²) in [5, 5.41) is 5.53. The van der Waals surface area contributed by atoms with Gasteiger partial charge in [0.2, 0.25) is 0 Å². The normalized spacial score (nSPS) is 12.8. The molecule has 1 heterocycles. The van der Waals surface area contributed by atoms with Crippen molar-refractivity contribution in [3.8, 4) is 5.75 Å². The fourth-order valence-corrected chi connectivity index (χ4v) is 3.05. The minimum absolute atomic E-state index is 0.236. The number of nitrogens with zero attached hydrogens (tertiary/aromatic N) is 2. The minimum atomic E-state index is -0.573. The first-order valence-electron chi connectivity index (χ1n) is 9.51. The maximum absolute atomic E-state index is 12.6. The Balaban J connectivity index is 1.39. The van der Waals surface area contributed by atoms with Crippen LogP contribution in [0.4, 0.5) is 21.0 Å². The molecule has 1 aliphatic heterocycles. The third-order valence-corrected chi connectivity index (χ3v) is 4.45. The summed E-state index contributed by atoms with van der Waals surface area (Å²) in [6.45, 7) is 1.04. The van der Waals surface area contributed by atoms with Gasteiger partial charge in [-0.2, -0.15) is 0 Å². The molecule has 7 heteroatoms. The number of carbonyl (C=O) groups is 2. The van der Waals surface area contributed by atoms with Crippen LogP contribution in [0, 0.1) is 0 Å². The smallest absolute Gasteiger partial charge is 0.410 e. The molecule has 3 aromatic rings. The molecule has 0 atom stereocenters. The van der Waals surface area contributed by atoms with Crippen molar-refractivity contribution < 1.29 is 14.3 Å². The van der Waals surface area contributed by atoms with E-state index in [1.165, 1.54) is 0 Å². The van der Waals surface area contributed by atoms with Gasteiger partial charge in [-0.25, -0.2) is 9.59 Å². The molecule has 150 valence electrons. The number of benzene rings is 3. The van der Waals surface area contributed by atoms with Gasteiger partial charge >= 0.3 is 12.1 Å². The van der Waals surface area contributed by atoms with Crippen LogP contribution in [0.5, 0.6) is 5.75 Å². The summed E-state index contributed by atoms with van der Waals surface area (Å²) in [4.78, 5) is 30.7. The van der Waals surface area contributed by atoms with E-state index in [1.807, 2.05) is 48.5 Å². The van der Waals surface area contributed by atoms with E-state index in [0.29, 0.717) is 30.4 Å². The Labute approximate surface area is 174 Å². The lowest BCUT2D eigenvalue weighted by Gasteiger charge is -2.19. The molecule has 0 radical (unpaired) electrons. The summed E-state index contributed by atoms with van der Waals surface area (Å²) in [7, 11) is 0. The standard InChI is InChI=1S/C23H20N4O3/c28-22(25-18-7-3-1-4-8-18)27-16-15-24-21(27)17-11-13-20(14-12-17)30-23(29)26-19-9-5-2-6-10-19/h1-14H,15-16H2,(H,25,28)(H,26,29). The SMILES string of the molecule is O=C(Nc1ccccc1)Oc1ccc(C2=NCCN2C(=O)Nc2ccccc2)cc1. The number of aliphatic imine (C=N–C) groups is 1. The van der Waals surface area contributed by atoms with E-state index in [9.17, 15) is 9.59 Å². The number of amides is 3. The monoisotopic (exact) mass is 400 g/mol. The van der Waals surface area contributed by atoms with Crippen LogP contribution in [0.25, 0.3) is 0 Å². The van der Waals surface area contributed by atoms with Crippen molar-refractivity contribution >= 4 is 29.3 Å². The van der Waals surface area contributed by atoms with Gasteiger partial charge in [0.1, 0.15) is 11.6 Å². The molecule has 0 unspecified atom stereocenters. The quantitative estimate of drug-likeness (QED) is 0.672. The molecule has 0 bridgehead atoms. The van der Waals surface area contributed by atoms with E-state index in [0.717, 1.165) is 11.3 Å². The summed E-state index contributed by atoms with van der Waals surface area (Å²) in [6.07, 6.45) is -0.573. The molecule has 7 nitrogen and oxygen atoms in total. The van der Waals surface area contributed by atoms with Crippen LogP contribution in [-0.2, 0) is 0 Å². The van der Waals surface area contributed by atoms with Gasteiger partial charge in [0.05, 0.1) is 6.54 Å². The lowest BCUT2D eigenvalue weighted by atomic mass is 10.2. The molecule has 1 aliphatic rings. The number of hydrogen-bond donors (Lipinski definition) is 2. The predicted molar refractivity (Wildman–Crippen MR) is 116 cm³/mol. The lowest BCUT2D eigenvalue weighted by molar-refractivity contribution is 0.215. The topological polar surface area (TPSA) is 83.0 Å². The summed E-state index contributed by atoms with van der Waals surface area (Å²) >= 11 is 0. The summed E-state index contributed by atoms with van der Waals surface area (Å²) in [6, 6.07) is 25.0. The van der Waals surface area contributed by atoms with Crippen LogP contribution in [-0.4, -0.2) is 35.9 Å². The Kier molecular flexibility index (Phi) is 5.70. The highest BCUT2D eigenvalue weighted by atomic mass is 16.6. The van der Waals surface area contributed by atoms with Gasteiger partial charge in [0, 0.05) is 23.5 Å². The molecular weight excluding hydrogens is 380 g/mol. The number of nitrogens with one attached hydrogen (secondary N) is 2. The highest BCUT2D eigenvalue weighted by Gasteiger charge is 2.25. The van der Waals surface area contributed by atoms with Gasteiger partial charge in [-0.15, -0.1) is 0 Å². The molecule has 3 amide bonds. The molecular formula is C23H20N4O3. The Morgan fingerprint density at radius 1 is 0.800 bits per heavy atom. The first-order chi connectivity index (χ1) is 14.7. The van der Waals surface area contributed by atoms with Gasteiger partial charge in [0.25, 0.3) is 0 Å². The summed E-state index contributed by atoms with van der Waals surface area (Å²) < 4.78 is 5.31. The largest absolute Gasteiger partial charge is 0.417 e. The molecule has 0 aromatic heterocycles. The van der Waals surface area contributed by atoms with E-state index in [2.05, 4.69) is 15.6 Å². The van der Waals surface area contributed by atoms with Crippen LogP contribution in [0.1, 0.15) is 5.56 Å². The van der Waals surface area contributed by atoms with E-state index in [-0.39, 0.29) is 6.03 Å². The number of urea groups is 1. The highest BCUT2D eigenvalue weighted by molar-refractivity contribution is 6.11. The zero-order valence-corrected chi connectivity index (χ0v) is 16.1. The Bertz CT molecular complexity index is 1050. The lowest BCUT2D eigenvalue weighted by Crippen LogP contribution is -2.38. The zero-order chi connectivity index (χ0) is 20.8. The van der Waals surface area contributed by atoms with Crippen molar-refractivity contribution in [3.63, 3.8) is 0 Å². The van der Waals surface area contributed by atoms with Crippen molar-refractivity contribution in [2.45, 2.75) is 0 Å². The van der Waals surface area contributed by atoms with Crippen molar-refractivity contribution in [2.75, 3.05) is 23.7 Å². The van der Waals surface area contributed by atoms with Crippen molar-refractivity contribution in [1.82, 2.24) is 4.90 Å². The maximum Gasteiger partial charge on any atom is 0.417 e. The highest BCUT2D eigenvalue weighted by Crippen LogP contribution is 2.18. The van der Waals surface area contributed by atoms with Crippen LogP contribution < -0.4 is 15.4 Å². The molecule has 0 aliphatic carbocycles. The minimum Gasteiger partial charge on any atom is -0.410 e. The number of para-hydroxylation sites is 2. The average molecular weight is 400 g/mol. The molecule has 30 heavy (non-hydrogen) atoms. The molecule has 3 aromatic carbocycles. The number of ether oxygens (including phenoxy) is 1. The van der Waals surface area contributed by atoms with Crippen molar-refractivity contribution in [2.24, 2.45) is 4.99 Å². The Hall–Kier alpha value is -4.13. The van der Waals surface area contributed by atoms with Crippen molar-refractivity contribution in [1.29, 1.82) is 0 Å². The number of hydrogen-bond acceptors (Lipinski definition) is 4. The number of amidine groups is 1. The number of rotatable bonds is 4. The fourth-order valence-electron chi connectivity index (χ4n) is 3.05. The molecule has 0 spiro atoms. The first-order valence-corrected chi connectivity index (χ1v) is 9.51. The third-order valence-electron chi connectivity index (χ3n) is 4.45. The third kappa shape index (κ3) is 4.64. The predicted octanol–water partition coefficient (Wildman–Crippen LogP) is 4.59. The molecule has 0 saturated carbocycles. The molecule has 0 saturated heterocycles. The van der Waals surface area contributed by atoms with Gasteiger partial charge < -0.3 is 10.1 Å². The maximum atomic E-state index is 12.6. The van der Waals surface area contributed by atoms with Crippen LogP contribution >= 0.6 is 0 Å². The Morgan fingerprint density at radius 3 is 2.03 bits per heavy atom. The number of carbonyl (C=O) groups excluding carboxylic acids is 2. The van der Waals surface area contributed by atoms with Gasteiger partial charge in [-0.3, -0.25) is 15.2 Å². The fraction of sp³-hybridized carbons (Fsp3) is 0.0870. The van der Waals surface area contributed by atoms with E-state index < -0.39 is 6.09 Å². The molecule has 0 fully saturated rings. The molecule has 2 N–H and O–H groups in total. The van der Waals surface area contributed by atoms with Gasteiger partial charge in [-0.1, -0.05) is 36.4 Å². The zero-order valence-electron chi connectivity index (χ0n) is 16.1. The Morgan fingerprint density at radius 2 is 1.40 bits per heavy atom. The second-order valence-electron chi connectivity index (χ2n) is 6.56. The van der Waals surface area contributed by atoms with Crippen molar-refractivity contribution in [3.05, 3.63) is 90.5 Å². The second kappa shape index (κ2) is 8.91. The molecule has 4 rings (SSSR count). The van der Waals surface area contributed by atoms with E-state index >= 15 is 0 Å². The second-order valence-corrected chi connectivity index (χ2v) is 6.56. The van der Waals surface area contributed by atoms with Gasteiger partial charge in [-0.05, 0) is 48.5 Å².